The molecule has 2 heterocycles. The third kappa shape index (κ3) is 2.88. The number of nitrogens with one attached hydrogen (secondary N) is 1. The second kappa shape index (κ2) is 6.02. The molecule has 2 aromatic rings. The molecular formula is C16H25N5. The summed E-state index contributed by atoms with van der Waals surface area (Å²) in [5, 5.41) is 12.0. The predicted molar refractivity (Wildman–Crippen MR) is 83.2 cm³/mol. The Bertz CT molecular complexity index is 610. The normalized spacial score (nSPS) is 18.5. The van der Waals surface area contributed by atoms with E-state index in [-0.39, 0.29) is 0 Å². The minimum absolute atomic E-state index is 0.509. The average Bonchev–Trinajstić information content (AvgIpc) is 2.95. The standard InChI is InChI=1S/C16H25N5/c1-4-17-15-8-6-5-7-13-9-21(10-14(13)15)11-16-19-18-12(2)20(16)3/h9-10,15,17H,4-8,11H2,1-3H3. The van der Waals surface area contributed by atoms with Gasteiger partial charge in [-0.3, -0.25) is 0 Å². The summed E-state index contributed by atoms with van der Waals surface area (Å²) in [5.41, 5.74) is 2.98. The number of fused-ring (bicyclic) bond motifs is 1. The lowest BCUT2D eigenvalue weighted by Crippen LogP contribution is -2.20. The van der Waals surface area contributed by atoms with Crippen molar-refractivity contribution in [1.82, 2.24) is 24.6 Å². The van der Waals surface area contributed by atoms with E-state index < -0.39 is 0 Å². The van der Waals surface area contributed by atoms with E-state index in [2.05, 4.69) is 44.0 Å². The Labute approximate surface area is 126 Å². The number of aromatic nitrogens is 4. The Morgan fingerprint density at radius 3 is 2.86 bits per heavy atom. The molecule has 1 atom stereocenters. The first-order chi connectivity index (χ1) is 10.2. The van der Waals surface area contributed by atoms with Crippen LogP contribution >= 0.6 is 0 Å². The maximum absolute atomic E-state index is 4.27. The van der Waals surface area contributed by atoms with E-state index in [1.165, 1.54) is 36.8 Å². The summed E-state index contributed by atoms with van der Waals surface area (Å²) < 4.78 is 4.33. The number of rotatable bonds is 4. The van der Waals surface area contributed by atoms with Crippen LogP contribution in [0.5, 0.6) is 0 Å². The molecule has 5 nitrogen and oxygen atoms in total. The topological polar surface area (TPSA) is 47.7 Å². The average molecular weight is 287 g/mol. The van der Waals surface area contributed by atoms with Crippen molar-refractivity contribution in [3.63, 3.8) is 0 Å². The van der Waals surface area contributed by atoms with Crippen molar-refractivity contribution in [3.05, 3.63) is 35.2 Å². The van der Waals surface area contributed by atoms with Crippen LogP contribution in [0.3, 0.4) is 0 Å². The van der Waals surface area contributed by atoms with Gasteiger partial charge in [-0.1, -0.05) is 13.3 Å². The smallest absolute Gasteiger partial charge is 0.152 e. The molecule has 0 radical (unpaired) electrons. The summed E-state index contributed by atoms with van der Waals surface area (Å²) in [6.45, 7) is 5.99. The number of hydrogen-bond donors (Lipinski definition) is 1. The fourth-order valence-electron chi connectivity index (χ4n) is 3.22. The fourth-order valence-corrected chi connectivity index (χ4v) is 3.22. The molecule has 0 amide bonds. The van der Waals surface area contributed by atoms with Gasteiger partial charge in [0.05, 0.1) is 6.54 Å². The summed E-state index contributed by atoms with van der Waals surface area (Å²) in [6, 6.07) is 0.509. The van der Waals surface area contributed by atoms with Crippen LogP contribution in [0.2, 0.25) is 0 Å². The minimum atomic E-state index is 0.509. The van der Waals surface area contributed by atoms with Gasteiger partial charge < -0.3 is 14.5 Å². The zero-order valence-corrected chi connectivity index (χ0v) is 13.3. The molecule has 1 aliphatic carbocycles. The number of nitrogens with zero attached hydrogens (tertiary/aromatic N) is 4. The van der Waals surface area contributed by atoms with Gasteiger partial charge in [-0.05, 0) is 43.9 Å². The summed E-state index contributed by atoms with van der Waals surface area (Å²) in [4.78, 5) is 0. The molecule has 0 saturated carbocycles. The molecule has 1 N–H and O–H groups in total. The lowest BCUT2D eigenvalue weighted by molar-refractivity contribution is 0.502. The van der Waals surface area contributed by atoms with E-state index in [1.807, 2.05) is 14.0 Å². The van der Waals surface area contributed by atoms with Crippen molar-refractivity contribution in [2.24, 2.45) is 7.05 Å². The largest absolute Gasteiger partial charge is 0.346 e. The van der Waals surface area contributed by atoms with Gasteiger partial charge in [0.15, 0.2) is 5.82 Å². The van der Waals surface area contributed by atoms with Crippen LogP contribution in [0.15, 0.2) is 12.4 Å². The quantitative estimate of drug-likeness (QED) is 0.878. The van der Waals surface area contributed by atoms with Gasteiger partial charge in [-0.25, -0.2) is 0 Å². The van der Waals surface area contributed by atoms with Gasteiger partial charge in [0, 0.05) is 25.5 Å². The van der Waals surface area contributed by atoms with Gasteiger partial charge in [0.2, 0.25) is 0 Å². The van der Waals surface area contributed by atoms with Crippen molar-refractivity contribution in [2.75, 3.05) is 6.54 Å². The van der Waals surface area contributed by atoms with Crippen molar-refractivity contribution in [1.29, 1.82) is 0 Å². The monoisotopic (exact) mass is 287 g/mol. The summed E-state index contributed by atoms with van der Waals surface area (Å²) in [5.74, 6) is 1.97. The molecule has 5 heteroatoms. The molecule has 2 aromatic heterocycles. The second-order valence-electron chi connectivity index (χ2n) is 5.99. The SMILES string of the molecule is CCNC1CCCCc2cn(Cc3nnc(C)n3C)cc21. The highest BCUT2D eigenvalue weighted by atomic mass is 15.3. The first-order valence-electron chi connectivity index (χ1n) is 7.95. The third-order valence-electron chi connectivity index (χ3n) is 4.52. The maximum atomic E-state index is 4.27. The second-order valence-corrected chi connectivity index (χ2v) is 5.99. The molecule has 0 fully saturated rings. The highest BCUT2D eigenvalue weighted by Gasteiger charge is 2.20. The van der Waals surface area contributed by atoms with E-state index >= 15 is 0 Å². The molecule has 0 aliphatic heterocycles. The highest BCUT2D eigenvalue weighted by molar-refractivity contribution is 5.29. The highest BCUT2D eigenvalue weighted by Crippen LogP contribution is 2.29. The summed E-state index contributed by atoms with van der Waals surface area (Å²) >= 11 is 0. The van der Waals surface area contributed by atoms with Crippen LogP contribution in [-0.4, -0.2) is 25.9 Å². The van der Waals surface area contributed by atoms with Crippen molar-refractivity contribution in [2.45, 2.75) is 52.1 Å². The lowest BCUT2D eigenvalue weighted by Gasteiger charge is -2.15. The molecule has 0 spiro atoms. The molecule has 21 heavy (non-hydrogen) atoms. The van der Waals surface area contributed by atoms with Gasteiger partial charge in [-0.15, -0.1) is 10.2 Å². The van der Waals surface area contributed by atoms with Gasteiger partial charge in [0.1, 0.15) is 5.82 Å². The van der Waals surface area contributed by atoms with E-state index in [1.54, 1.807) is 0 Å². The fraction of sp³-hybridized carbons (Fsp3) is 0.625. The van der Waals surface area contributed by atoms with E-state index in [4.69, 9.17) is 0 Å². The zero-order chi connectivity index (χ0) is 14.8. The number of hydrogen-bond acceptors (Lipinski definition) is 3. The van der Waals surface area contributed by atoms with Crippen LogP contribution in [-0.2, 0) is 20.0 Å². The Morgan fingerprint density at radius 2 is 2.14 bits per heavy atom. The maximum Gasteiger partial charge on any atom is 0.152 e. The molecule has 0 saturated heterocycles. The van der Waals surface area contributed by atoms with Crippen LogP contribution in [0.4, 0.5) is 0 Å². The van der Waals surface area contributed by atoms with Crippen molar-refractivity contribution < 1.29 is 0 Å². The Morgan fingerprint density at radius 1 is 1.29 bits per heavy atom. The minimum Gasteiger partial charge on any atom is -0.346 e. The molecule has 3 rings (SSSR count). The zero-order valence-electron chi connectivity index (χ0n) is 13.3. The predicted octanol–water partition coefficient (Wildman–Crippen LogP) is 2.35. The Kier molecular flexibility index (Phi) is 4.10. The molecule has 1 aliphatic rings. The Hall–Kier alpha value is -1.62. The molecular weight excluding hydrogens is 262 g/mol. The van der Waals surface area contributed by atoms with Gasteiger partial charge >= 0.3 is 0 Å². The van der Waals surface area contributed by atoms with Crippen molar-refractivity contribution >= 4 is 0 Å². The van der Waals surface area contributed by atoms with Crippen LogP contribution < -0.4 is 5.32 Å². The molecule has 114 valence electrons. The third-order valence-corrected chi connectivity index (χ3v) is 4.52. The van der Waals surface area contributed by atoms with E-state index in [0.717, 1.165) is 24.7 Å². The van der Waals surface area contributed by atoms with Crippen molar-refractivity contribution in [3.8, 4) is 0 Å². The first-order valence-corrected chi connectivity index (χ1v) is 7.95. The van der Waals surface area contributed by atoms with Gasteiger partial charge in [-0.2, -0.15) is 0 Å². The van der Waals surface area contributed by atoms with Crippen LogP contribution in [0.25, 0.3) is 0 Å². The summed E-state index contributed by atoms with van der Waals surface area (Å²) in [7, 11) is 2.03. The van der Waals surface area contributed by atoms with E-state index in [9.17, 15) is 0 Å². The Balaban J connectivity index is 1.85. The molecule has 0 bridgehead atoms. The number of aryl methyl sites for hydroxylation is 2. The lowest BCUT2D eigenvalue weighted by atomic mass is 10.0. The van der Waals surface area contributed by atoms with Gasteiger partial charge in [0.25, 0.3) is 0 Å². The van der Waals surface area contributed by atoms with E-state index in [0.29, 0.717) is 6.04 Å². The summed E-state index contributed by atoms with van der Waals surface area (Å²) in [6.07, 6.45) is 9.65. The molecule has 0 aromatic carbocycles. The van der Waals surface area contributed by atoms with Crippen LogP contribution in [0, 0.1) is 6.92 Å². The molecule has 1 unspecified atom stereocenters. The first kappa shape index (κ1) is 14.3. The van der Waals surface area contributed by atoms with Crippen LogP contribution in [0.1, 0.15) is 55.0 Å².